The number of carbonyl (C=O) groups is 8. The fraction of sp³-hybridized carbons (Fsp3) is 0.607. The summed E-state index contributed by atoms with van der Waals surface area (Å²) in [6.45, 7) is 20.0. The van der Waals surface area contributed by atoms with Crippen molar-refractivity contribution in [2.75, 3.05) is 7.11 Å². The van der Waals surface area contributed by atoms with Crippen LogP contribution in [0.4, 0.5) is 0 Å². The minimum Gasteiger partial charge on any atom is -0.495 e. The Morgan fingerprint density at radius 2 is 1.54 bits per heavy atom. The number of carbonyl (C=O) groups excluding carboxylic acids is 8. The van der Waals surface area contributed by atoms with Crippen LogP contribution in [-0.4, -0.2) is 90.4 Å². The number of halogens is 1. The first-order chi connectivity index (χ1) is 33.7. The van der Waals surface area contributed by atoms with Gasteiger partial charge in [0.15, 0.2) is 5.78 Å². The summed E-state index contributed by atoms with van der Waals surface area (Å²) in [5, 5.41) is 11.8. The molecule has 2 heterocycles. The highest BCUT2D eigenvalue weighted by molar-refractivity contribution is 6.32. The largest absolute Gasteiger partial charge is 0.495 e. The summed E-state index contributed by atoms with van der Waals surface area (Å²) in [7, 11) is 1.50. The van der Waals surface area contributed by atoms with Crippen LogP contribution in [0.3, 0.4) is 0 Å². The van der Waals surface area contributed by atoms with Crippen molar-refractivity contribution < 1.29 is 52.6 Å². The molecule has 2 aliphatic heterocycles. The van der Waals surface area contributed by atoms with Gasteiger partial charge in [0.1, 0.15) is 41.6 Å². The van der Waals surface area contributed by atoms with Crippen LogP contribution in [0.25, 0.3) is 0 Å². The predicted molar refractivity (Wildman–Crippen MR) is 276 cm³/mol. The first-order valence-corrected chi connectivity index (χ1v) is 25.8. The Hall–Kier alpha value is -5.41. The van der Waals surface area contributed by atoms with Gasteiger partial charge in [-0.25, -0.2) is 4.79 Å². The van der Waals surface area contributed by atoms with Crippen molar-refractivity contribution >= 4 is 58.5 Å². The Morgan fingerprint density at radius 3 is 2.15 bits per heavy atom. The molecule has 4 N–H and O–H groups in total. The van der Waals surface area contributed by atoms with Crippen LogP contribution in [0.15, 0.2) is 54.6 Å². The van der Waals surface area contributed by atoms with Gasteiger partial charge in [-0.2, -0.15) is 0 Å². The number of ketones is 3. The van der Waals surface area contributed by atoms with Gasteiger partial charge in [-0.05, 0) is 93.2 Å². The average Bonchev–Trinajstić information content (AvgIpc) is 4.12. The Labute approximate surface area is 431 Å². The molecule has 2 aliphatic rings. The van der Waals surface area contributed by atoms with Crippen molar-refractivity contribution in [3.8, 4) is 5.75 Å². The maximum absolute atomic E-state index is 14.2. The number of esters is 1. The van der Waals surface area contributed by atoms with Gasteiger partial charge in [-0.3, -0.25) is 33.6 Å². The van der Waals surface area contributed by atoms with Gasteiger partial charge in [0.25, 0.3) is 0 Å². The summed E-state index contributed by atoms with van der Waals surface area (Å²) in [5.41, 5.74) is 0.873. The van der Waals surface area contributed by atoms with Gasteiger partial charge in [0, 0.05) is 62.8 Å². The normalized spacial score (nSPS) is 23.6. The van der Waals surface area contributed by atoms with E-state index in [-0.39, 0.29) is 85.8 Å². The average molecular weight is 1020 g/mol. The van der Waals surface area contributed by atoms with Crippen molar-refractivity contribution in [3.05, 3.63) is 76.3 Å². The fourth-order valence-electron chi connectivity index (χ4n) is 8.65. The summed E-state index contributed by atoms with van der Waals surface area (Å²) in [6, 6.07) is 9.29. The van der Waals surface area contributed by atoms with Gasteiger partial charge in [0.05, 0.1) is 29.7 Å². The van der Waals surface area contributed by atoms with E-state index >= 15 is 0 Å². The second-order valence-electron chi connectivity index (χ2n) is 21.7. The van der Waals surface area contributed by atoms with E-state index < -0.39 is 70.7 Å². The van der Waals surface area contributed by atoms with E-state index in [1.165, 1.54) is 13.2 Å². The molecule has 2 aromatic carbocycles. The van der Waals surface area contributed by atoms with Gasteiger partial charge < -0.3 is 35.5 Å². The minimum absolute atomic E-state index is 0.0609. The Morgan fingerprint density at radius 1 is 0.889 bits per heavy atom. The van der Waals surface area contributed by atoms with Crippen LogP contribution in [0.2, 0.25) is 5.02 Å². The predicted octanol–water partition coefficient (Wildman–Crippen LogP) is 7.86. The molecule has 72 heavy (non-hydrogen) atoms. The third-order valence-corrected chi connectivity index (χ3v) is 14.3. The number of rotatable bonds is 21. The molecule has 0 radical (unpaired) electrons. The van der Waals surface area contributed by atoms with E-state index in [2.05, 4.69) is 21.3 Å². The summed E-state index contributed by atoms with van der Waals surface area (Å²) in [5.74, 6) is -3.19. The third kappa shape index (κ3) is 17.7. The lowest BCUT2D eigenvalue weighted by Gasteiger charge is -2.35. The molecule has 0 saturated carbocycles. The second kappa shape index (κ2) is 26.5. The van der Waals surface area contributed by atoms with Crippen molar-refractivity contribution in [3.63, 3.8) is 0 Å². The van der Waals surface area contributed by atoms with E-state index in [0.717, 1.165) is 11.1 Å². The fourth-order valence-corrected chi connectivity index (χ4v) is 8.93. The van der Waals surface area contributed by atoms with Crippen LogP contribution in [-0.2, 0) is 60.7 Å². The number of nitrogens with one attached hydrogen (secondary N) is 4. The number of amides is 4. The minimum atomic E-state index is -1.20. The summed E-state index contributed by atoms with van der Waals surface area (Å²) >= 11 is 6.41. The zero-order valence-electron chi connectivity index (χ0n) is 44.4. The van der Waals surface area contributed by atoms with Gasteiger partial charge in [0.2, 0.25) is 23.6 Å². The van der Waals surface area contributed by atoms with E-state index in [0.29, 0.717) is 42.0 Å². The molecule has 4 rings (SSSR count). The lowest BCUT2D eigenvalue weighted by Crippen LogP contribution is -2.58. The zero-order valence-corrected chi connectivity index (χ0v) is 45.2. The molecule has 4 amide bonds. The number of methoxy groups -OCH3 is 1. The summed E-state index contributed by atoms with van der Waals surface area (Å²) in [6.07, 6.45) is 4.12. The van der Waals surface area contributed by atoms with Crippen LogP contribution < -0.4 is 26.0 Å². The van der Waals surface area contributed by atoms with Crippen molar-refractivity contribution in [1.82, 2.24) is 21.3 Å². The first-order valence-electron chi connectivity index (χ1n) is 25.5. The first kappa shape index (κ1) is 59.2. The third-order valence-electron chi connectivity index (χ3n) is 14.0. The molecule has 9 atom stereocenters. The van der Waals surface area contributed by atoms with E-state index in [1.807, 2.05) is 65.8 Å². The van der Waals surface area contributed by atoms with E-state index in [4.69, 9.17) is 25.8 Å². The van der Waals surface area contributed by atoms with Crippen molar-refractivity contribution in [1.29, 1.82) is 0 Å². The van der Waals surface area contributed by atoms with Gasteiger partial charge >= 0.3 is 5.97 Å². The monoisotopic (exact) mass is 1020 g/mol. The maximum Gasteiger partial charge on any atom is 0.328 e. The van der Waals surface area contributed by atoms with Crippen LogP contribution in [0, 0.1) is 28.6 Å². The molecule has 2 aromatic rings. The highest BCUT2D eigenvalue weighted by Crippen LogP contribution is 2.45. The Kier molecular flexibility index (Phi) is 21.8. The smallest absolute Gasteiger partial charge is 0.328 e. The molecule has 0 spiro atoms. The zero-order chi connectivity index (χ0) is 53.7. The SMILES string of the molecule is CCC(=O)CCCC(=O)C[C@H](C(=O)N[C@@H](C)C(=O)CCc1ccc([C@H]2O[C@@H]2[C@@H](C)[C@@H]2C/C=C/C(=O)N[C@H](Cc3ccc(OC)c(Cl)c3)C(=O)N[C@@H](C)C(C)(C)C(=O)N[C@@H](CC(C)(C)C)C(=O)O2)cc1)C(C)C. The Bertz CT molecular complexity index is 2290. The number of epoxide rings is 1. The van der Waals surface area contributed by atoms with Gasteiger partial charge in [-0.1, -0.05) is 96.5 Å². The molecule has 396 valence electrons. The van der Waals surface area contributed by atoms with E-state index in [9.17, 15) is 38.4 Å². The highest BCUT2D eigenvalue weighted by Gasteiger charge is 2.48. The molecule has 15 nitrogen and oxygen atoms in total. The van der Waals surface area contributed by atoms with Crippen LogP contribution in [0.5, 0.6) is 5.75 Å². The van der Waals surface area contributed by atoms with Gasteiger partial charge in [-0.15, -0.1) is 0 Å². The standard InChI is InChI=1S/C56H79ClN4O11/c1-13-39(62)16-14-17-40(63)30-41(32(2)3)51(66)58-34(5)45(64)26-22-36-20-24-38(25-21-36)50-49(72-50)33(4)46-18-15-19-48(65)60-43(29-37-23-27-47(70-12)42(57)28-37)52(67)59-35(6)56(10,11)54(69)61-44(53(68)71-46)31-55(7,8)9/h15,19-21,23-25,27-28,32-35,41,43-44,46,49-50H,13-14,16-18,22,26,29-31H2,1-12H3,(H,58,66)(H,59,67)(H,60,65)(H,61,69)/b19-15+/t33-,34-,35-,41-,43+,44-,46-,49+,50+/m0/s1. The summed E-state index contributed by atoms with van der Waals surface area (Å²) < 4.78 is 17.8. The molecule has 0 unspecified atom stereocenters. The highest BCUT2D eigenvalue weighted by atomic mass is 35.5. The lowest BCUT2D eigenvalue weighted by molar-refractivity contribution is -0.157. The second-order valence-corrected chi connectivity index (χ2v) is 22.2. The quantitative estimate of drug-likeness (QED) is 0.0697. The molecular formula is C56H79ClN4O11. The summed E-state index contributed by atoms with van der Waals surface area (Å²) in [4.78, 5) is 106. The topological polar surface area (TPSA) is 216 Å². The van der Waals surface area contributed by atoms with Crippen LogP contribution in [0.1, 0.15) is 150 Å². The number of cyclic esters (lactones) is 1. The molecule has 1 fully saturated rings. The molecule has 0 aromatic heterocycles. The Balaban J connectivity index is 1.46. The number of Topliss-reactive ketones (excluding diaryl/α,β-unsaturated/α-hetero) is 3. The number of hydrogen-bond donors (Lipinski definition) is 4. The van der Waals surface area contributed by atoms with Crippen LogP contribution >= 0.6 is 11.6 Å². The number of hydrogen-bond acceptors (Lipinski definition) is 11. The molecule has 16 heteroatoms. The number of ether oxygens (including phenoxy) is 3. The van der Waals surface area contributed by atoms with Crippen molar-refractivity contribution in [2.24, 2.45) is 28.6 Å². The number of aryl methyl sites for hydroxylation is 1. The molecular weight excluding hydrogens is 940 g/mol. The molecule has 0 aliphatic carbocycles. The number of benzene rings is 2. The molecule has 1 saturated heterocycles. The lowest BCUT2D eigenvalue weighted by atomic mass is 9.82. The maximum atomic E-state index is 14.2. The van der Waals surface area contributed by atoms with E-state index in [1.54, 1.807) is 58.9 Å². The van der Waals surface area contributed by atoms with Crippen molar-refractivity contribution in [2.45, 2.75) is 183 Å². The molecule has 0 bridgehead atoms.